The van der Waals surface area contributed by atoms with Gasteiger partial charge in [0.15, 0.2) is 5.58 Å². The fourth-order valence-electron chi connectivity index (χ4n) is 4.80. The lowest BCUT2D eigenvalue weighted by Crippen LogP contribution is -2.34. The van der Waals surface area contributed by atoms with Crippen LogP contribution < -0.4 is 4.74 Å². The largest absolute Gasteiger partial charge is 0.486 e. The molecule has 0 bridgehead atoms. The number of nitrogens with zero attached hydrogens (tertiary/aromatic N) is 2. The van der Waals surface area contributed by atoms with E-state index in [2.05, 4.69) is 10.1 Å². The van der Waals surface area contributed by atoms with E-state index in [4.69, 9.17) is 9.26 Å². The monoisotopic (exact) mass is 534 g/mol. The highest BCUT2D eigenvalue weighted by Crippen LogP contribution is 2.34. The van der Waals surface area contributed by atoms with Gasteiger partial charge in [0, 0.05) is 30.3 Å². The van der Waals surface area contributed by atoms with Crippen molar-refractivity contribution in [1.82, 2.24) is 10.1 Å². The summed E-state index contributed by atoms with van der Waals surface area (Å²) in [5.41, 5.74) is 1.64. The van der Waals surface area contributed by atoms with Crippen LogP contribution >= 0.6 is 12.4 Å². The molecule has 0 amide bonds. The maximum absolute atomic E-state index is 13.5. The van der Waals surface area contributed by atoms with E-state index >= 15 is 0 Å². The van der Waals surface area contributed by atoms with Crippen LogP contribution in [0.3, 0.4) is 0 Å². The summed E-state index contributed by atoms with van der Waals surface area (Å²) in [6.45, 7) is 2.54. The molecule has 0 saturated carbocycles. The number of alkyl halides is 3. The van der Waals surface area contributed by atoms with Gasteiger partial charge in [-0.2, -0.15) is 13.2 Å². The van der Waals surface area contributed by atoms with Crippen molar-refractivity contribution in [3.05, 3.63) is 95.4 Å². The van der Waals surface area contributed by atoms with Crippen molar-refractivity contribution >= 4 is 23.4 Å². The third-order valence-corrected chi connectivity index (χ3v) is 6.78. The minimum Gasteiger partial charge on any atom is -0.486 e. The van der Waals surface area contributed by atoms with E-state index in [0.717, 1.165) is 61.3 Å². The molecule has 0 radical (unpaired) electrons. The van der Waals surface area contributed by atoms with Gasteiger partial charge in [-0.25, -0.2) is 4.39 Å². The van der Waals surface area contributed by atoms with Gasteiger partial charge in [-0.05, 0) is 67.9 Å². The molecule has 1 unspecified atom stereocenters. The summed E-state index contributed by atoms with van der Waals surface area (Å²) >= 11 is 0. The van der Waals surface area contributed by atoms with Crippen molar-refractivity contribution in [2.75, 3.05) is 19.6 Å². The molecule has 5 rings (SSSR count). The van der Waals surface area contributed by atoms with Gasteiger partial charge in [0.1, 0.15) is 17.7 Å². The van der Waals surface area contributed by atoms with Crippen LogP contribution in [0.4, 0.5) is 17.6 Å². The van der Waals surface area contributed by atoms with Crippen LogP contribution in [0.15, 0.2) is 77.3 Å². The number of aromatic nitrogens is 1. The Balaban J connectivity index is 0.00000320. The molecule has 9 heteroatoms. The maximum Gasteiger partial charge on any atom is 0.416 e. The maximum atomic E-state index is 13.5. The molecule has 1 aliphatic rings. The Hall–Kier alpha value is -3.10. The molecule has 1 aliphatic heterocycles. The number of piperidine rings is 1. The average Bonchev–Trinajstić information content (AvgIpc) is 3.30. The molecule has 1 aromatic heterocycles. The first-order valence-corrected chi connectivity index (χ1v) is 12.0. The van der Waals surface area contributed by atoms with Crippen LogP contribution in [0.1, 0.15) is 48.1 Å². The molecule has 1 fully saturated rings. The predicted octanol–water partition coefficient (Wildman–Crippen LogP) is 7.80. The smallest absolute Gasteiger partial charge is 0.416 e. The second-order valence-corrected chi connectivity index (χ2v) is 9.15. The summed E-state index contributed by atoms with van der Waals surface area (Å²) in [5, 5.41) is 5.08. The number of ether oxygens (including phenoxy) is 1. The summed E-state index contributed by atoms with van der Waals surface area (Å²) in [7, 11) is 0. The molecule has 4 aromatic rings. The van der Waals surface area contributed by atoms with Gasteiger partial charge in [-0.15, -0.1) is 12.4 Å². The van der Waals surface area contributed by atoms with E-state index < -0.39 is 11.7 Å². The number of likely N-dealkylation sites (tertiary alicyclic amines) is 1. The number of rotatable bonds is 7. The molecular formula is C28H27ClF4N2O2. The van der Waals surface area contributed by atoms with Gasteiger partial charge in [0.2, 0.25) is 0 Å². The van der Waals surface area contributed by atoms with Gasteiger partial charge >= 0.3 is 6.18 Å². The van der Waals surface area contributed by atoms with Gasteiger partial charge in [-0.1, -0.05) is 35.5 Å². The average molecular weight is 535 g/mol. The first-order chi connectivity index (χ1) is 17.4. The molecule has 1 atom stereocenters. The van der Waals surface area contributed by atoms with Gasteiger partial charge in [0.05, 0.1) is 11.3 Å². The number of halogens is 5. The van der Waals surface area contributed by atoms with Crippen molar-refractivity contribution in [1.29, 1.82) is 0 Å². The van der Waals surface area contributed by atoms with Gasteiger partial charge < -0.3 is 14.2 Å². The standard InChI is InChI=1S/C28H26F4N2O2.ClH/c29-22-8-11-24-26(18-22)36-33-27(24)20-12-15-34(16-13-20)17-14-25(19-4-2-1-3-5-19)35-23-9-6-21(7-10-23)28(30,31)32;/h1-11,18,20,25H,12-17H2;1H. The molecule has 4 nitrogen and oxygen atoms in total. The molecular weight excluding hydrogens is 508 g/mol. The van der Waals surface area contributed by atoms with Crippen LogP contribution in [-0.4, -0.2) is 29.7 Å². The van der Waals surface area contributed by atoms with E-state index in [-0.39, 0.29) is 30.2 Å². The zero-order chi connectivity index (χ0) is 25.1. The Bertz CT molecular complexity index is 1290. The number of hydrogen-bond donors (Lipinski definition) is 0. The molecule has 3 aromatic carbocycles. The topological polar surface area (TPSA) is 38.5 Å². The summed E-state index contributed by atoms with van der Waals surface area (Å²) in [6, 6.07) is 19.1. The molecule has 1 saturated heterocycles. The predicted molar refractivity (Wildman–Crippen MR) is 136 cm³/mol. The SMILES string of the molecule is Cl.Fc1ccc2c(C3CCN(CCC(Oc4ccc(C(F)(F)F)cc4)c4ccccc4)CC3)noc2c1. The summed E-state index contributed by atoms with van der Waals surface area (Å²) in [5.74, 6) is 0.317. The fourth-order valence-corrected chi connectivity index (χ4v) is 4.80. The minimum absolute atomic E-state index is 0. The van der Waals surface area contributed by atoms with E-state index in [1.807, 2.05) is 30.3 Å². The lowest BCUT2D eigenvalue weighted by Gasteiger charge is -2.32. The third-order valence-electron chi connectivity index (χ3n) is 6.78. The molecule has 0 N–H and O–H groups in total. The molecule has 2 heterocycles. The highest BCUT2D eigenvalue weighted by Gasteiger charge is 2.30. The first kappa shape index (κ1) is 26.9. The lowest BCUT2D eigenvalue weighted by atomic mass is 9.91. The Labute approximate surface area is 218 Å². The quantitative estimate of drug-likeness (QED) is 0.227. The molecule has 0 aliphatic carbocycles. The third kappa shape index (κ3) is 6.43. The van der Waals surface area contributed by atoms with Crippen molar-refractivity contribution < 1.29 is 26.8 Å². The van der Waals surface area contributed by atoms with Crippen LogP contribution in [-0.2, 0) is 6.18 Å². The van der Waals surface area contributed by atoms with Crippen molar-refractivity contribution in [2.45, 2.75) is 37.5 Å². The number of benzene rings is 3. The van der Waals surface area contributed by atoms with Crippen LogP contribution in [0.2, 0.25) is 0 Å². The second-order valence-electron chi connectivity index (χ2n) is 9.15. The van der Waals surface area contributed by atoms with Gasteiger partial charge in [0.25, 0.3) is 0 Å². The minimum atomic E-state index is -4.38. The normalized spacial score (nSPS) is 15.9. The van der Waals surface area contributed by atoms with E-state index in [9.17, 15) is 17.6 Å². The Kier molecular flexibility index (Phi) is 8.39. The van der Waals surface area contributed by atoms with Crippen molar-refractivity contribution in [2.24, 2.45) is 0 Å². The van der Waals surface area contributed by atoms with E-state index in [1.54, 1.807) is 6.07 Å². The van der Waals surface area contributed by atoms with Crippen LogP contribution in [0, 0.1) is 5.82 Å². The van der Waals surface area contributed by atoms with Crippen LogP contribution in [0.25, 0.3) is 11.0 Å². The molecule has 37 heavy (non-hydrogen) atoms. The number of hydrogen-bond acceptors (Lipinski definition) is 4. The van der Waals surface area contributed by atoms with Crippen molar-refractivity contribution in [3.63, 3.8) is 0 Å². The lowest BCUT2D eigenvalue weighted by molar-refractivity contribution is -0.137. The highest BCUT2D eigenvalue weighted by atomic mass is 35.5. The number of fused-ring (bicyclic) bond motifs is 1. The Morgan fingerprint density at radius 1 is 0.973 bits per heavy atom. The van der Waals surface area contributed by atoms with E-state index in [1.165, 1.54) is 24.3 Å². The van der Waals surface area contributed by atoms with Crippen molar-refractivity contribution in [3.8, 4) is 5.75 Å². The molecule has 196 valence electrons. The van der Waals surface area contributed by atoms with Gasteiger partial charge in [-0.3, -0.25) is 0 Å². The van der Waals surface area contributed by atoms with E-state index in [0.29, 0.717) is 17.8 Å². The molecule has 0 spiro atoms. The highest BCUT2D eigenvalue weighted by molar-refractivity contribution is 5.85. The first-order valence-electron chi connectivity index (χ1n) is 12.0. The Morgan fingerprint density at radius 2 is 1.68 bits per heavy atom. The second kappa shape index (κ2) is 11.5. The van der Waals surface area contributed by atoms with Crippen LogP contribution in [0.5, 0.6) is 5.75 Å². The zero-order valence-electron chi connectivity index (χ0n) is 20.0. The summed E-state index contributed by atoms with van der Waals surface area (Å²) in [6.07, 6.45) is -2.14. The summed E-state index contributed by atoms with van der Waals surface area (Å²) in [4.78, 5) is 2.37. The Morgan fingerprint density at radius 3 is 2.35 bits per heavy atom. The summed E-state index contributed by atoms with van der Waals surface area (Å²) < 4.78 is 63.7. The zero-order valence-corrected chi connectivity index (χ0v) is 20.8. The fraction of sp³-hybridized carbons (Fsp3) is 0.321.